The molecule has 102 valence electrons. The van der Waals surface area contributed by atoms with Crippen molar-refractivity contribution < 1.29 is 14.5 Å². The van der Waals surface area contributed by atoms with Crippen LogP contribution in [0.15, 0.2) is 12.4 Å². The molecule has 0 N–H and O–H groups in total. The molecule has 0 atom stereocenters. The van der Waals surface area contributed by atoms with Crippen LogP contribution in [0.1, 0.15) is 12.8 Å². The summed E-state index contributed by atoms with van der Waals surface area (Å²) in [4.78, 5) is 24.1. The highest BCUT2D eigenvalue weighted by atomic mass is 16.6. The Morgan fingerprint density at radius 2 is 2.26 bits per heavy atom. The molecule has 1 amide bonds. The van der Waals surface area contributed by atoms with Crippen molar-refractivity contribution in [3.63, 3.8) is 0 Å². The topological polar surface area (TPSA) is 90.5 Å². The Balaban J connectivity index is 1.66. The molecule has 1 aromatic rings. The molecule has 2 heterocycles. The summed E-state index contributed by atoms with van der Waals surface area (Å²) in [7, 11) is 0. The van der Waals surface area contributed by atoms with Crippen LogP contribution in [0.25, 0.3) is 0 Å². The molecule has 0 unspecified atom stereocenters. The third-order valence-corrected chi connectivity index (χ3v) is 3.37. The highest BCUT2D eigenvalue weighted by Gasteiger charge is 2.40. The van der Waals surface area contributed by atoms with E-state index in [0.29, 0.717) is 19.3 Å². The second kappa shape index (κ2) is 4.61. The Morgan fingerprint density at radius 3 is 2.74 bits per heavy atom. The molecular weight excluding hydrogens is 252 g/mol. The van der Waals surface area contributed by atoms with Gasteiger partial charge in [-0.05, 0) is 12.8 Å². The summed E-state index contributed by atoms with van der Waals surface area (Å²) in [6, 6.07) is 0.470. The van der Waals surface area contributed by atoms with E-state index in [9.17, 15) is 14.9 Å². The average molecular weight is 266 g/mol. The molecule has 8 nitrogen and oxygen atoms in total. The van der Waals surface area contributed by atoms with E-state index in [-0.39, 0.29) is 24.2 Å². The summed E-state index contributed by atoms with van der Waals surface area (Å²) in [6.07, 6.45) is 4.49. The molecule has 2 aliphatic rings. The SMILES string of the molecule is O=C(Cn1cc([N+](=O)[O-])cn1)N(C1CC1)C1COC1. The fourth-order valence-electron chi connectivity index (χ4n) is 2.20. The monoisotopic (exact) mass is 266 g/mol. The molecule has 19 heavy (non-hydrogen) atoms. The van der Waals surface area contributed by atoms with Gasteiger partial charge in [-0.25, -0.2) is 0 Å². The lowest BCUT2D eigenvalue weighted by Gasteiger charge is -2.37. The first-order valence-electron chi connectivity index (χ1n) is 6.21. The summed E-state index contributed by atoms with van der Waals surface area (Å²) in [5.74, 6) is -0.0474. The summed E-state index contributed by atoms with van der Waals surface area (Å²) < 4.78 is 6.44. The van der Waals surface area contributed by atoms with Gasteiger partial charge in [-0.3, -0.25) is 19.6 Å². The summed E-state index contributed by atoms with van der Waals surface area (Å²) in [5.41, 5.74) is -0.0993. The second-order valence-corrected chi connectivity index (χ2v) is 4.88. The molecule has 1 aliphatic carbocycles. The van der Waals surface area contributed by atoms with Crippen LogP contribution in [0.3, 0.4) is 0 Å². The van der Waals surface area contributed by atoms with E-state index in [0.717, 1.165) is 19.0 Å². The van der Waals surface area contributed by atoms with Crippen molar-refractivity contribution >= 4 is 11.6 Å². The van der Waals surface area contributed by atoms with Crippen molar-refractivity contribution in [2.24, 2.45) is 0 Å². The van der Waals surface area contributed by atoms with Crippen LogP contribution in [-0.4, -0.2) is 50.8 Å². The highest BCUT2D eigenvalue weighted by molar-refractivity contribution is 5.77. The molecule has 1 saturated carbocycles. The predicted octanol–water partition coefficient (Wildman–Crippen LogP) is 0.181. The lowest BCUT2D eigenvalue weighted by molar-refractivity contribution is -0.385. The molecule has 2 fully saturated rings. The van der Waals surface area contributed by atoms with Crippen molar-refractivity contribution in [2.45, 2.75) is 31.5 Å². The maximum atomic E-state index is 12.2. The van der Waals surface area contributed by atoms with Gasteiger partial charge in [-0.1, -0.05) is 0 Å². The second-order valence-electron chi connectivity index (χ2n) is 4.88. The molecule has 3 rings (SSSR count). The third-order valence-electron chi connectivity index (χ3n) is 3.37. The predicted molar refractivity (Wildman–Crippen MR) is 63.4 cm³/mol. The molecule has 1 saturated heterocycles. The average Bonchev–Trinajstić information content (AvgIpc) is 3.02. The Morgan fingerprint density at radius 1 is 1.53 bits per heavy atom. The summed E-state index contributed by atoms with van der Waals surface area (Å²) in [5, 5.41) is 14.4. The van der Waals surface area contributed by atoms with Crippen LogP contribution < -0.4 is 0 Å². The first-order chi connectivity index (χ1) is 9.15. The summed E-state index contributed by atoms with van der Waals surface area (Å²) in [6.45, 7) is 1.21. The van der Waals surface area contributed by atoms with Gasteiger partial charge in [0, 0.05) is 6.04 Å². The van der Waals surface area contributed by atoms with Crippen molar-refractivity contribution in [1.29, 1.82) is 0 Å². The van der Waals surface area contributed by atoms with Crippen molar-refractivity contribution in [3.8, 4) is 0 Å². The van der Waals surface area contributed by atoms with Gasteiger partial charge in [-0.2, -0.15) is 5.10 Å². The van der Waals surface area contributed by atoms with Gasteiger partial charge in [0.05, 0.1) is 24.2 Å². The van der Waals surface area contributed by atoms with E-state index in [1.807, 2.05) is 4.90 Å². The Labute approximate surface area is 109 Å². The number of carbonyl (C=O) groups excluding carboxylic acids is 1. The normalized spacial score (nSPS) is 18.9. The largest absolute Gasteiger partial charge is 0.377 e. The molecule has 0 radical (unpaired) electrons. The minimum Gasteiger partial charge on any atom is -0.377 e. The van der Waals surface area contributed by atoms with Crippen molar-refractivity contribution in [2.75, 3.05) is 13.2 Å². The van der Waals surface area contributed by atoms with E-state index in [1.165, 1.54) is 10.9 Å². The molecule has 8 heteroatoms. The Bertz CT molecular complexity index is 507. The van der Waals surface area contributed by atoms with E-state index < -0.39 is 4.92 Å². The molecule has 0 aromatic carbocycles. The van der Waals surface area contributed by atoms with Crippen LogP contribution in [0.2, 0.25) is 0 Å². The maximum absolute atomic E-state index is 12.2. The van der Waals surface area contributed by atoms with Gasteiger partial charge in [0.2, 0.25) is 5.91 Å². The van der Waals surface area contributed by atoms with Gasteiger partial charge in [0.15, 0.2) is 0 Å². The van der Waals surface area contributed by atoms with Crippen molar-refractivity contribution in [1.82, 2.24) is 14.7 Å². The van der Waals surface area contributed by atoms with E-state index in [1.54, 1.807) is 0 Å². The number of hydrogen-bond donors (Lipinski definition) is 0. The Hall–Kier alpha value is -1.96. The fourth-order valence-corrected chi connectivity index (χ4v) is 2.20. The number of carbonyl (C=O) groups is 1. The molecule has 1 aromatic heterocycles. The lowest BCUT2D eigenvalue weighted by Crippen LogP contribution is -2.53. The van der Waals surface area contributed by atoms with E-state index in [2.05, 4.69) is 5.10 Å². The minimum atomic E-state index is -0.521. The lowest BCUT2D eigenvalue weighted by atomic mass is 10.2. The van der Waals surface area contributed by atoms with Crippen LogP contribution in [0.4, 0.5) is 5.69 Å². The zero-order chi connectivity index (χ0) is 13.4. The minimum absolute atomic E-state index is 0.0425. The van der Waals surface area contributed by atoms with Gasteiger partial charge >= 0.3 is 5.69 Å². The number of hydrogen-bond acceptors (Lipinski definition) is 5. The quantitative estimate of drug-likeness (QED) is 0.560. The number of aromatic nitrogens is 2. The zero-order valence-electron chi connectivity index (χ0n) is 10.3. The Kier molecular flexibility index (Phi) is 2.94. The van der Waals surface area contributed by atoms with Crippen LogP contribution in [-0.2, 0) is 16.1 Å². The number of rotatable bonds is 5. The van der Waals surface area contributed by atoms with Crippen LogP contribution in [0, 0.1) is 10.1 Å². The number of nitrogens with zero attached hydrogens (tertiary/aromatic N) is 4. The van der Waals surface area contributed by atoms with Gasteiger partial charge in [0.1, 0.15) is 18.9 Å². The van der Waals surface area contributed by atoms with Gasteiger partial charge in [0.25, 0.3) is 0 Å². The number of nitro groups is 1. The standard InChI is InChI=1S/C11H14N4O4/c16-11(5-13-4-9(3-12-13)15(17)18)14(8-1-2-8)10-6-19-7-10/h3-4,8,10H,1-2,5-7H2. The van der Waals surface area contributed by atoms with E-state index >= 15 is 0 Å². The van der Waals surface area contributed by atoms with E-state index in [4.69, 9.17) is 4.74 Å². The van der Waals surface area contributed by atoms with Crippen molar-refractivity contribution in [3.05, 3.63) is 22.5 Å². The molecule has 1 aliphatic heterocycles. The van der Waals surface area contributed by atoms with Gasteiger partial charge < -0.3 is 9.64 Å². The zero-order valence-corrected chi connectivity index (χ0v) is 10.3. The summed E-state index contributed by atoms with van der Waals surface area (Å²) >= 11 is 0. The molecule has 0 spiro atoms. The number of ether oxygens (including phenoxy) is 1. The smallest absolute Gasteiger partial charge is 0.307 e. The first kappa shape index (κ1) is 12.1. The number of amides is 1. The van der Waals surface area contributed by atoms with Crippen LogP contribution in [0.5, 0.6) is 0 Å². The first-order valence-corrected chi connectivity index (χ1v) is 6.21. The molecular formula is C11H14N4O4. The van der Waals surface area contributed by atoms with Gasteiger partial charge in [-0.15, -0.1) is 0 Å². The van der Waals surface area contributed by atoms with Crippen LogP contribution >= 0.6 is 0 Å². The fraction of sp³-hybridized carbons (Fsp3) is 0.636. The maximum Gasteiger partial charge on any atom is 0.307 e. The molecule has 0 bridgehead atoms. The third kappa shape index (κ3) is 2.43. The highest BCUT2D eigenvalue weighted by Crippen LogP contribution is 2.31.